The first kappa shape index (κ1) is 31.5. The van der Waals surface area contributed by atoms with E-state index in [2.05, 4.69) is 23.8 Å². The zero-order chi connectivity index (χ0) is 20.0. The van der Waals surface area contributed by atoms with E-state index in [1.807, 2.05) is 0 Å². The normalized spacial score (nSPS) is 25.6. The Kier molecular flexibility index (Phi) is 12.9. The maximum Gasteiger partial charge on any atom is 1.00 e. The number of hydrogen-bond donors (Lipinski definition) is 3. The van der Waals surface area contributed by atoms with Gasteiger partial charge in [-0.2, -0.15) is 0 Å². The Morgan fingerprint density at radius 2 is 1.80 bits per heavy atom. The number of rotatable bonds is 6. The average molecular weight is 494 g/mol. The van der Waals surface area contributed by atoms with Crippen LogP contribution in [0.5, 0.6) is 0 Å². The van der Waals surface area contributed by atoms with Crippen molar-refractivity contribution >= 4 is 26.8 Å². The Balaban J connectivity index is 0.00000280. The summed E-state index contributed by atoms with van der Waals surface area (Å²) in [5, 5.41) is 20.1. The molecule has 0 spiro atoms. The second-order valence-electron chi connectivity index (χ2n) is 5.37. The molecule has 0 amide bonds. The van der Waals surface area contributed by atoms with Crippen LogP contribution < -0.4 is 109 Å². The van der Waals surface area contributed by atoms with E-state index in [0.29, 0.717) is 0 Å². The number of nitrogens with zero attached hydrogens (tertiary/aromatic N) is 3. The van der Waals surface area contributed by atoms with Crippen molar-refractivity contribution in [1.82, 2.24) is 19.5 Å². The molecule has 2 aromatic rings. The second kappa shape index (κ2) is 12.3. The van der Waals surface area contributed by atoms with Crippen molar-refractivity contribution in [2.45, 2.75) is 24.5 Å². The molecule has 0 saturated carbocycles. The molecular weight excluding hydrogens is 483 g/mol. The molecule has 3 rings (SSSR count). The third-order valence-electron chi connectivity index (χ3n) is 3.57. The van der Waals surface area contributed by atoms with Crippen molar-refractivity contribution in [2.75, 3.05) is 6.61 Å². The van der Waals surface area contributed by atoms with Gasteiger partial charge in [0.1, 0.15) is 18.3 Å². The Morgan fingerprint density at radius 1 is 1.17 bits per heavy atom. The van der Waals surface area contributed by atoms with Crippen LogP contribution in [0.1, 0.15) is 6.23 Å². The van der Waals surface area contributed by atoms with Crippen LogP contribution in [0, 0.1) is 0 Å². The summed E-state index contributed by atoms with van der Waals surface area (Å²) < 4.78 is 35.5. The molecule has 3 heterocycles. The van der Waals surface area contributed by atoms with E-state index in [0.717, 1.165) is 17.2 Å². The molecule has 0 aromatic carbocycles. The quantitative estimate of drug-likeness (QED) is 0.250. The van der Waals surface area contributed by atoms with Crippen molar-refractivity contribution in [1.29, 1.82) is 0 Å². The molecule has 20 heteroatoms. The number of aromatic amines is 1. The molecule has 15 nitrogen and oxygen atoms in total. The summed E-state index contributed by atoms with van der Waals surface area (Å²) in [5.41, 5.74) is -0.606. The summed E-state index contributed by atoms with van der Waals surface area (Å²) in [5.74, 6) is 0. The fraction of sp³-hybridized carbons (Fsp3) is 0.500. The molecule has 3 N–H and O–H groups in total. The number of H-pyrrole nitrogens is 1. The minimum absolute atomic E-state index is 0. The Bertz CT molecular complexity index is 999. The molecule has 30 heavy (non-hydrogen) atoms. The van der Waals surface area contributed by atoms with Crippen LogP contribution in [0.25, 0.3) is 11.2 Å². The standard InChI is InChI=1S/C10H14N4O11P2.3Na/c15-6-4(1-23-27(21,22)25-26(18,19)20)24-10(7(6)16)14-3-13-5-8(14)11-2-12-9(5)17;;;/h2-4,6-7,10,15-16H,1H2,(H,21,22)(H,11,12,17)(H2,18,19,20);;;/q;3*+1/p-3/t4-,6?,7+,10-;;;/m1.../s1. The number of aromatic nitrogens is 4. The number of fused-ring (bicyclic) bond motifs is 1. The summed E-state index contributed by atoms with van der Waals surface area (Å²) in [7, 11) is -11.4. The van der Waals surface area contributed by atoms with Gasteiger partial charge in [0, 0.05) is 0 Å². The number of imidazole rings is 1. The van der Waals surface area contributed by atoms with Crippen LogP contribution in [-0.4, -0.2) is 54.7 Å². The summed E-state index contributed by atoms with van der Waals surface area (Å²) in [4.78, 5) is 53.6. The largest absolute Gasteiger partial charge is 1.00 e. The Hall–Kier alpha value is 1.49. The van der Waals surface area contributed by atoms with Gasteiger partial charge in [0.15, 0.2) is 17.4 Å². The molecule has 2 aromatic heterocycles. The Labute approximate surface area is 234 Å². The van der Waals surface area contributed by atoms with E-state index < -0.39 is 52.4 Å². The Morgan fingerprint density at radius 3 is 2.40 bits per heavy atom. The molecule has 1 saturated heterocycles. The molecular formula is C10H11N4Na3O11P2. The zero-order valence-electron chi connectivity index (χ0n) is 16.0. The van der Waals surface area contributed by atoms with Gasteiger partial charge in [-0.05, 0) is 0 Å². The minimum atomic E-state index is -5.87. The van der Waals surface area contributed by atoms with E-state index in [1.54, 1.807) is 0 Å². The zero-order valence-corrected chi connectivity index (χ0v) is 23.8. The molecule has 2 unspecified atom stereocenters. The van der Waals surface area contributed by atoms with Crippen LogP contribution in [0.3, 0.4) is 0 Å². The molecule has 1 aliphatic heterocycles. The molecule has 150 valence electrons. The number of aliphatic hydroxyl groups is 2. The number of phosphoric ester groups is 1. The van der Waals surface area contributed by atoms with Gasteiger partial charge in [-0.3, -0.25) is 18.2 Å². The van der Waals surface area contributed by atoms with Gasteiger partial charge in [0.25, 0.3) is 13.4 Å². The van der Waals surface area contributed by atoms with Gasteiger partial charge < -0.3 is 43.7 Å². The molecule has 1 aliphatic rings. The molecule has 0 aliphatic carbocycles. The fourth-order valence-electron chi connectivity index (χ4n) is 2.46. The summed E-state index contributed by atoms with van der Waals surface area (Å²) >= 11 is 0. The number of aliphatic hydroxyl groups excluding tert-OH is 2. The summed E-state index contributed by atoms with van der Waals surface area (Å²) in [6.07, 6.45) is -3.84. The van der Waals surface area contributed by atoms with Gasteiger partial charge in [-0.1, -0.05) is 0 Å². The maximum absolute atomic E-state index is 11.6. The first-order valence-electron chi connectivity index (χ1n) is 7.09. The van der Waals surface area contributed by atoms with E-state index >= 15 is 0 Å². The molecule has 0 bridgehead atoms. The topological polar surface area (TPSA) is 235 Å². The third kappa shape index (κ3) is 7.50. The predicted molar refractivity (Wildman–Crippen MR) is 76.3 cm³/mol. The molecule has 1 fully saturated rings. The average Bonchev–Trinajstić information content (AvgIpc) is 3.07. The number of phosphoric acid groups is 2. The van der Waals surface area contributed by atoms with Crippen molar-refractivity contribution in [2.24, 2.45) is 0 Å². The molecule has 0 radical (unpaired) electrons. The second-order valence-corrected chi connectivity index (χ2v) is 8.07. The van der Waals surface area contributed by atoms with Gasteiger partial charge in [0.2, 0.25) is 0 Å². The van der Waals surface area contributed by atoms with Crippen LogP contribution in [-0.2, 0) is 22.7 Å². The van der Waals surface area contributed by atoms with E-state index in [1.165, 1.54) is 0 Å². The predicted octanol–water partition coefficient (Wildman–Crippen LogP) is -12.9. The fourth-order valence-corrected chi connectivity index (χ4v) is 3.95. The van der Waals surface area contributed by atoms with Crippen molar-refractivity contribution < 1.29 is 136 Å². The maximum atomic E-state index is 11.6. The monoisotopic (exact) mass is 494 g/mol. The van der Waals surface area contributed by atoms with E-state index in [4.69, 9.17) is 4.74 Å². The SMILES string of the molecule is O=c1[nH]cnc2c1ncn2[C@@H]1O[C@H](COP(=O)([O-])OP(=O)([O-])[O-])C(O)[C@@H]1O.[Na+].[Na+].[Na+]. The van der Waals surface area contributed by atoms with Crippen molar-refractivity contribution in [3.05, 3.63) is 23.0 Å². The first-order valence-corrected chi connectivity index (χ1v) is 10.0. The van der Waals surface area contributed by atoms with Crippen LogP contribution in [0.4, 0.5) is 0 Å². The molecule has 5 atom stereocenters. The van der Waals surface area contributed by atoms with E-state index in [-0.39, 0.29) is 99.8 Å². The van der Waals surface area contributed by atoms with Crippen molar-refractivity contribution in [3.63, 3.8) is 0 Å². The van der Waals surface area contributed by atoms with Gasteiger partial charge in [-0.15, -0.1) is 0 Å². The van der Waals surface area contributed by atoms with E-state index in [9.17, 15) is 38.8 Å². The smallest absolute Gasteiger partial charge is 0.790 e. The number of nitrogens with one attached hydrogen (secondary N) is 1. The van der Waals surface area contributed by atoms with Crippen LogP contribution in [0.15, 0.2) is 17.4 Å². The van der Waals surface area contributed by atoms with Gasteiger partial charge in [0.05, 0.1) is 27.1 Å². The van der Waals surface area contributed by atoms with Crippen LogP contribution in [0.2, 0.25) is 0 Å². The number of hydrogen-bond acceptors (Lipinski definition) is 13. The van der Waals surface area contributed by atoms with Gasteiger partial charge in [-0.25, -0.2) is 9.97 Å². The first-order chi connectivity index (χ1) is 12.5. The van der Waals surface area contributed by atoms with Crippen LogP contribution >= 0.6 is 15.6 Å². The third-order valence-corrected chi connectivity index (χ3v) is 5.64. The summed E-state index contributed by atoms with van der Waals surface area (Å²) in [6.45, 7) is -0.962. The van der Waals surface area contributed by atoms with Gasteiger partial charge >= 0.3 is 88.7 Å². The number of ether oxygens (including phenoxy) is 1. The summed E-state index contributed by atoms with van der Waals surface area (Å²) in [6, 6.07) is 0. The minimum Gasteiger partial charge on any atom is -0.790 e. The van der Waals surface area contributed by atoms with Crippen molar-refractivity contribution in [3.8, 4) is 0 Å².